The van der Waals surface area contributed by atoms with E-state index in [1.165, 1.54) is 0 Å². The lowest BCUT2D eigenvalue weighted by atomic mass is 9.84. The zero-order valence-electron chi connectivity index (χ0n) is 21.2. The summed E-state index contributed by atoms with van der Waals surface area (Å²) in [4.78, 5) is 7.17. The number of methoxy groups -OCH3 is 1. The van der Waals surface area contributed by atoms with Crippen LogP contribution in [0.2, 0.25) is 0 Å². The quantitative estimate of drug-likeness (QED) is 0.390. The van der Waals surface area contributed by atoms with Crippen LogP contribution in [0.4, 0.5) is 10.1 Å². The predicted molar refractivity (Wildman–Crippen MR) is 142 cm³/mol. The molecule has 0 saturated carbocycles. The van der Waals surface area contributed by atoms with Crippen LogP contribution in [-0.4, -0.2) is 54.7 Å². The topological polar surface area (TPSA) is 59.8 Å². The Morgan fingerprint density at radius 2 is 1.97 bits per heavy atom. The van der Waals surface area contributed by atoms with Gasteiger partial charge in [-0.1, -0.05) is 13.8 Å². The molecule has 0 unspecified atom stereocenters. The standard InChI is InChI=1S/C27H35BrFN3O3/c1-6-32-24-13-23(29)22(28)12-19(24)21(14-27(3,4)16-33)26(32)20-11-18(31-7-9-35-10-8-31)15-30-25(20)17(2)34-5/h11-13,15,17,33H,6-10,14,16H2,1-5H3/t17-/m0/s1. The van der Waals surface area contributed by atoms with Gasteiger partial charge in [0.25, 0.3) is 0 Å². The number of anilines is 1. The van der Waals surface area contributed by atoms with Crippen molar-refractivity contribution in [2.45, 2.75) is 46.8 Å². The summed E-state index contributed by atoms with van der Waals surface area (Å²) in [5, 5.41) is 11.1. The number of ether oxygens (including phenoxy) is 2. The van der Waals surface area contributed by atoms with Crippen LogP contribution >= 0.6 is 15.9 Å². The molecule has 1 atom stereocenters. The summed E-state index contributed by atoms with van der Waals surface area (Å²) in [6.07, 6.45) is 2.31. The summed E-state index contributed by atoms with van der Waals surface area (Å²) in [5.41, 5.74) is 5.40. The van der Waals surface area contributed by atoms with Gasteiger partial charge < -0.3 is 24.0 Å². The van der Waals surface area contributed by atoms with E-state index >= 15 is 0 Å². The Hall–Kier alpha value is -2.00. The summed E-state index contributed by atoms with van der Waals surface area (Å²) < 4.78 is 28.6. The number of benzene rings is 1. The number of hydrogen-bond acceptors (Lipinski definition) is 5. The maximum absolute atomic E-state index is 14.7. The largest absolute Gasteiger partial charge is 0.396 e. The summed E-state index contributed by atoms with van der Waals surface area (Å²) in [5.74, 6) is -0.296. The number of aromatic nitrogens is 2. The minimum Gasteiger partial charge on any atom is -0.396 e. The van der Waals surface area contributed by atoms with Gasteiger partial charge in [-0.15, -0.1) is 0 Å². The van der Waals surface area contributed by atoms with Crippen molar-refractivity contribution in [1.29, 1.82) is 0 Å². The monoisotopic (exact) mass is 547 g/mol. The van der Waals surface area contributed by atoms with Gasteiger partial charge in [-0.05, 0) is 65.4 Å². The highest BCUT2D eigenvalue weighted by atomic mass is 79.9. The molecule has 1 aliphatic rings. The Balaban J connectivity index is 2.05. The molecule has 0 amide bonds. The fourth-order valence-corrected chi connectivity index (χ4v) is 5.19. The van der Waals surface area contributed by atoms with Gasteiger partial charge in [0, 0.05) is 44.3 Å². The minimum absolute atomic E-state index is 0.0427. The average molecular weight is 548 g/mol. The van der Waals surface area contributed by atoms with Crippen LogP contribution in [0.1, 0.15) is 45.1 Å². The van der Waals surface area contributed by atoms with E-state index in [2.05, 4.69) is 38.4 Å². The highest BCUT2D eigenvalue weighted by molar-refractivity contribution is 9.10. The van der Waals surface area contributed by atoms with Crippen LogP contribution in [0.15, 0.2) is 28.9 Å². The Morgan fingerprint density at radius 1 is 1.26 bits per heavy atom. The van der Waals surface area contributed by atoms with Crippen molar-refractivity contribution in [3.63, 3.8) is 0 Å². The summed E-state index contributed by atoms with van der Waals surface area (Å²) in [6.45, 7) is 11.8. The zero-order valence-corrected chi connectivity index (χ0v) is 22.8. The third-order valence-electron chi connectivity index (χ3n) is 6.88. The van der Waals surface area contributed by atoms with Crippen LogP contribution in [-0.2, 0) is 22.4 Å². The van der Waals surface area contributed by atoms with E-state index in [9.17, 15) is 9.50 Å². The van der Waals surface area contributed by atoms with Gasteiger partial charge >= 0.3 is 0 Å². The Bertz CT molecular complexity index is 1200. The van der Waals surface area contributed by atoms with E-state index < -0.39 is 0 Å². The highest BCUT2D eigenvalue weighted by Gasteiger charge is 2.29. The number of halogens is 2. The molecular weight excluding hydrogens is 513 g/mol. The SMILES string of the molecule is CCn1c(-c2cc(N3CCOCC3)cnc2[C@H](C)OC)c(CC(C)(C)CO)c2cc(Br)c(F)cc21. The number of aliphatic hydroxyl groups is 1. The molecule has 1 aliphatic heterocycles. The van der Waals surface area contributed by atoms with Crippen LogP contribution in [0.3, 0.4) is 0 Å². The molecule has 1 aromatic carbocycles. The predicted octanol–water partition coefficient (Wildman–Crippen LogP) is 5.73. The number of pyridine rings is 1. The van der Waals surface area contributed by atoms with Crippen molar-refractivity contribution < 1.29 is 19.0 Å². The van der Waals surface area contributed by atoms with Gasteiger partial charge in [-0.2, -0.15) is 0 Å². The van der Waals surface area contributed by atoms with Crippen molar-refractivity contribution in [2.24, 2.45) is 5.41 Å². The average Bonchev–Trinajstić information content (AvgIpc) is 3.15. The van der Waals surface area contributed by atoms with Gasteiger partial charge in [0.2, 0.25) is 0 Å². The third-order valence-corrected chi connectivity index (χ3v) is 7.49. The van der Waals surface area contributed by atoms with E-state index in [1.807, 2.05) is 33.0 Å². The number of nitrogens with zero attached hydrogens (tertiary/aromatic N) is 3. The molecular formula is C27H35BrFN3O3. The van der Waals surface area contributed by atoms with E-state index in [-0.39, 0.29) is 23.9 Å². The molecule has 2 aromatic heterocycles. The van der Waals surface area contributed by atoms with Crippen LogP contribution in [0.25, 0.3) is 22.2 Å². The Labute approximate surface area is 215 Å². The third kappa shape index (κ3) is 5.12. The van der Waals surface area contributed by atoms with Gasteiger partial charge in [-0.25, -0.2) is 4.39 Å². The molecule has 0 bridgehead atoms. The molecule has 190 valence electrons. The maximum atomic E-state index is 14.7. The molecule has 1 fully saturated rings. The zero-order chi connectivity index (χ0) is 25.3. The molecule has 1 saturated heterocycles. The van der Waals surface area contributed by atoms with Gasteiger partial charge in [-0.3, -0.25) is 4.98 Å². The molecule has 8 heteroatoms. The lowest BCUT2D eigenvalue weighted by molar-refractivity contribution is 0.116. The fourth-order valence-electron chi connectivity index (χ4n) is 4.85. The second-order valence-electron chi connectivity index (χ2n) is 9.96. The number of morpholine rings is 1. The molecule has 3 heterocycles. The molecule has 0 radical (unpaired) electrons. The lowest BCUT2D eigenvalue weighted by Crippen LogP contribution is -2.36. The first-order valence-corrected chi connectivity index (χ1v) is 13.0. The minimum atomic E-state index is -0.356. The molecule has 0 spiro atoms. The van der Waals surface area contributed by atoms with E-state index in [0.29, 0.717) is 30.7 Å². The number of aliphatic hydroxyl groups excluding tert-OH is 1. The summed E-state index contributed by atoms with van der Waals surface area (Å²) >= 11 is 3.39. The highest BCUT2D eigenvalue weighted by Crippen LogP contribution is 2.42. The van der Waals surface area contributed by atoms with Gasteiger partial charge in [0.15, 0.2) is 0 Å². The van der Waals surface area contributed by atoms with Crippen LogP contribution in [0.5, 0.6) is 0 Å². The lowest BCUT2D eigenvalue weighted by Gasteiger charge is -2.30. The molecule has 1 N–H and O–H groups in total. The van der Waals surface area contributed by atoms with Gasteiger partial charge in [0.1, 0.15) is 5.82 Å². The van der Waals surface area contributed by atoms with Gasteiger partial charge in [0.05, 0.1) is 52.6 Å². The molecule has 4 rings (SSSR count). The first kappa shape index (κ1) is 26.1. The number of rotatable bonds is 8. The van der Waals surface area contributed by atoms with Crippen molar-refractivity contribution in [3.8, 4) is 11.3 Å². The Kier molecular flexibility index (Phi) is 7.86. The fraction of sp³-hybridized carbons (Fsp3) is 0.519. The van der Waals surface area contributed by atoms with E-state index in [4.69, 9.17) is 14.5 Å². The first-order valence-electron chi connectivity index (χ1n) is 12.2. The summed E-state index contributed by atoms with van der Waals surface area (Å²) in [7, 11) is 1.68. The smallest absolute Gasteiger partial charge is 0.139 e. The second-order valence-corrected chi connectivity index (χ2v) is 10.8. The molecule has 0 aliphatic carbocycles. The van der Waals surface area contributed by atoms with Crippen molar-refractivity contribution in [2.75, 3.05) is 44.9 Å². The molecule has 35 heavy (non-hydrogen) atoms. The number of aryl methyl sites for hydroxylation is 1. The first-order chi connectivity index (χ1) is 16.7. The second kappa shape index (κ2) is 10.5. The Morgan fingerprint density at radius 3 is 2.60 bits per heavy atom. The van der Waals surface area contributed by atoms with Crippen molar-refractivity contribution >= 4 is 32.5 Å². The summed E-state index contributed by atoms with van der Waals surface area (Å²) in [6, 6.07) is 5.65. The normalized spacial score (nSPS) is 15.7. The molecule has 3 aromatic rings. The number of hydrogen-bond donors (Lipinski definition) is 1. The number of fused-ring (bicyclic) bond motifs is 1. The van der Waals surface area contributed by atoms with Crippen LogP contribution < -0.4 is 4.90 Å². The van der Waals surface area contributed by atoms with Crippen molar-refractivity contribution in [3.05, 3.63) is 45.9 Å². The van der Waals surface area contributed by atoms with E-state index in [0.717, 1.165) is 52.2 Å². The van der Waals surface area contributed by atoms with Crippen LogP contribution in [0, 0.1) is 11.2 Å². The van der Waals surface area contributed by atoms with Crippen molar-refractivity contribution in [1.82, 2.24) is 9.55 Å². The van der Waals surface area contributed by atoms with E-state index in [1.54, 1.807) is 13.2 Å². The molecule has 6 nitrogen and oxygen atoms in total. The maximum Gasteiger partial charge on any atom is 0.139 e.